The predicted octanol–water partition coefficient (Wildman–Crippen LogP) is 2.60. The van der Waals surface area contributed by atoms with E-state index in [9.17, 15) is 0 Å². The molecule has 15 heavy (non-hydrogen) atoms. The number of rotatable bonds is 1. The van der Waals surface area contributed by atoms with Crippen LogP contribution in [-0.4, -0.2) is 19.5 Å². The van der Waals surface area contributed by atoms with Crippen LogP contribution in [0.4, 0.5) is 0 Å². The summed E-state index contributed by atoms with van der Waals surface area (Å²) in [6.45, 7) is 0. The molecule has 0 bridgehead atoms. The van der Waals surface area contributed by atoms with E-state index in [0.717, 1.165) is 10.2 Å². The summed E-state index contributed by atoms with van der Waals surface area (Å²) in [5, 5.41) is 0. The second kappa shape index (κ2) is 3.41. The number of aromatic nitrogens is 4. The van der Waals surface area contributed by atoms with Crippen molar-refractivity contribution >= 4 is 23.4 Å². The van der Waals surface area contributed by atoms with Crippen molar-refractivity contribution in [3.05, 3.63) is 17.3 Å². The quantitative estimate of drug-likeness (QED) is 0.751. The summed E-state index contributed by atoms with van der Waals surface area (Å²) < 4.78 is 2.95. The Hall–Kier alpha value is -1.23. The fraction of sp³-hybridized carbons (Fsp3) is 0.500. The van der Waals surface area contributed by atoms with Gasteiger partial charge in [0, 0.05) is 6.04 Å². The summed E-state index contributed by atoms with van der Waals surface area (Å²) in [7, 11) is 0. The lowest BCUT2D eigenvalue weighted by Crippen LogP contribution is -2.07. The van der Waals surface area contributed by atoms with Crippen LogP contribution < -0.4 is 0 Å². The van der Waals surface area contributed by atoms with Crippen LogP contribution in [0.3, 0.4) is 0 Å². The molecule has 0 aromatic carbocycles. The molecule has 3 rings (SSSR count). The average molecular weight is 220 g/mol. The Morgan fingerprint density at radius 1 is 1.33 bits per heavy atom. The van der Waals surface area contributed by atoms with Crippen LogP contribution in [0.1, 0.15) is 31.7 Å². The molecule has 1 fully saturated rings. The maximum absolute atomic E-state index is 5.44. The van der Waals surface area contributed by atoms with E-state index in [1.807, 2.05) is 6.33 Å². The van der Waals surface area contributed by atoms with Gasteiger partial charge in [-0.25, -0.2) is 9.97 Å². The van der Waals surface area contributed by atoms with E-state index < -0.39 is 0 Å². The highest BCUT2D eigenvalue weighted by Crippen LogP contribution is 2.30. The second-order valence-electron chi connectivity index (χ2n) is 4.00. The van der Waals surface area contributed by atoms with Gasteiger partial charge in [-0.1, -0.05) is 25.1 Å². The fourth-order valence-corrected chi connectivity index (χ4v) is 2.63. The Morgan fingerprint density at radius 2 is 2.13 bits per heavy atom. The van der Waals surface area contributed by atoms with Crippen LogP contribution >= 0.6 is 12.2 Å². The highest BCUT2D eigenvalue weighted by atomic mass is 32.1. The molecule has 1 aliphatic carbocycles. The Bertz CT molecular complexity index is 536. The predicted molar refractivity (Wildman–Crippen MR) is 60.2 cm³/mol. The topological polar surface area (TPSA) is 46.5 Å². The summed E-state index contributed by atoms with van der Waals surface area (Å²) in [5.74, 6) is 0. The van der Waals surface area contributed by atoms with Crippen molar-refractivity contribution < 1.29 is 0 Å². The summed E-state index contributed by atoms with van der Waals surface area (Å²) in [4.78, 5) is 11.5. The molecule has 1 saturated carbocycles. The van der Waals surface area contributed by atoms with Crippen LogP contribution in [0.25, 0.3) is 11.2 Å². The minimum atomic E-state index is 0.540. The normalized spacial score (nSPS) is 17.6. The van der Waals surface area contributed by atoms with E-state index in [2.05, 4.69) is 19.5 Å². The molecule has 0 saturated heterocycles. The van der Waals surface area contributed by atoms with E-state index in [-0.39, 0.29) is 0 Å². The monoisotopic (exact) mass is 220 g/mol. The maximum atomic E-state index is 5.44. The second-order valence-corrected chi connectivity index (χ2v) is 4.38. The highest BCUT2D eigenvalue weighted by molar-refractivity contribution is 7.71. The number of imidazole rings is 1. The van der Waals surface area contributed by atoms with E-state index in [1.165, 1.54) is 25.7 Å². The van der Waals surface area contributed by atoms with Crippen molar-refractivity contribution in [1.29, 1.82) is 0 Å². The molecular formula is C10H12N4S. The van der Waals surface area contributed by atoms with Gasteiger partial charge in [0.05, 0.1) is 12.7 Å². The van der Waals surface area contributed by atoms with Crippen LogP contribution in [0, 0.1) is 4.64 Å². The Morgan fingerprint density at radius 3 is 2.93 bits per heavy atom. The molecule has 0 spiro atoms. The van der Waals surface area contributed by atoms with Crippen LogP contribution in [0.15, 0.2) is 12.7 Å². The molecule has 0 aliphatic heterocycles. The molecule has 0 unspecified atom stereocenters. The molecule has 2 aromatic heterocycles. The van der Waals surface area contributed by atoms with E-state index in [4.69, 9.17) is 12.2 Å². The van der Waals surface area contributed by atoms with Crippen LogP contribution in [-0.2, 0) is 0 Å². The number of fused-ring (bicyclic) bond motifs is 1. The molecule has 0 amide bonds. The van der Waals surface area contributed by atoms with Gasteiger partial charge >= 0.3 is 0 Å². The number of hydrogen-bond acceptors (Lipinski definition) is 3. The Kier molecular flexibility index (Phi) is 2.05. The third kappa shape index (κ3) is 1.38. The van der Waals surface area contributed by atoms with Gasteiger partial charge in [0.1, 0.15) is 10.2 Å². The van der Waals surface area contributed by atoms with Gasteiger partial charge < -0.3 is 9.55 Å². The number of nitrogens with zero attached hydrogens (tertiary/aromatic N) is 3. The van der Waals surface area contributed by atoms with Gasteiger partial charge in [-0.2, -0.15) is 0 Å². The van der Waals surface area contributed by atoms with Crippen molar-refractivity contribution in [3.8, 4) is 0 Å². The Balaban J connectivity index is 2.18. The van der Waals surface area contributed by atoms with Gasteiger partial charge in [0.15, 0.2) is 5.65 Å². The number of hydrogen-bond donors (Lipinski definition) is 1. The maximum Gasteiger partial charge on any atom is 0.181 e. The van der Waals surface area contributed by atoms with Crippen molar-refractivity contribution in [3.63, 3.8) is 0 Å². The largest absolute Gasteiger partial charge is 0.341 e. The zero-order valence-electron chi connectivity index (χ0n) is 8.31. The van der Waals surface area contributed by atoms with Crippen molar-refractivity contribution in [1.82, 2.24) is 19.5 Å². The molecule has 1 aliphatic rings. The van der Waals surface area contributed by atoms with Gasteiger partial charge in [-0.3, -0.25) is 0 Å². The van der Waals surface area contributed by atoms with Gasteiger partial charge in [-0.05, 0) is 12.8 Å². The zero-order valence-corrected chi connectivity index (χ0v) is 9.13. The lowest BCUT2D eigenvalue weighted by molar-refractivity contribution is 0.506. The molecule has 1 N–H and O–H groups in total. The molecule has 5 heteroatoms. The number of aromatic amines is 1. The van der Waals surface area contributed by atoms with Gasteiger partial charge in [0.25, 0.3) is 0 Å². The highest BCUT2D eigenvalue weighted by Gasteiger charge is 2.17. The number of H-pyrrole nitrogens is 1. The molecule has 78 valence electrons. The van der Waals surface area contributed by atoms with Gasteiger partial charge in [0.2, 0.25) is 0 Å². The van der Waals surface area contributed by atoms with Crippen molar-refractivity contribution in [2.75, 3.05) is 0 Å². The molecule has 4 nitrogen and oxygen atoms in total. The third-order valence-electron chi connectivity index (χ3n) is 3.09. The number of nitrogens with one attached hydrogen (secondary N) is 1. The standard InChI is InChI=1S/C10H12N4S/c15-10-8-9(12-5-11-8)13-6-14(10)7-3-1-2-4-7/h5-7H,1-4H2,(H,11,12). The first-order chi connectivity index (χ1) is 7.36. The molecule has 2 heterocycles. The first-order valence-corrected chi connectivity index (χ1v) is 5.67. The summed E-state index contributed by atoms with van der Waals surface area (Å²) in [6.07, 6.45) is 8.51. The van der Waals surface area contributed by atoms with E-state index in [0.29, 0.717) is 11.7 Å². The van der Waals surface area contributed by atoms with Crippen molar-refractivity contribution in [2.24, 2.45) is 0 Å². The SMILES string of the molecule is S=c1c2[nH]cnc2ncn1C1CCCC1. The minimum Gasteiger partial charge on any atom is -0.341 e. The van der Waals surface area contributed by atoms with Crippen molar-refractivity contribution in [2.45, 2.75) is 31.7 Å². The van der Waals surface area contributed by atoms with Gasteiger partial charge in [-0.15, -0.1) is 0 Å². The summed E-state index contributed by atoms with van der Waals surface area (Å²) in [6, 6.07) is 0.540. The smallest absolute Gasteiger partial charge is 0.181 e. The molecular weight excluding hydrogens is 208 g/mol. The molecule has 0 radical (unpaired) electrons. The third-order valence-corrected chi connectivity index (χ3v) is 3.51. The molecule has 2 aromatic rings. The average Bonchev–Trinajstić information content (AvgIpc) is 2.87. The minimum absolute atomic E-state index is 0.540. The molecule has 0 atom stereocenters. The first kappa shape index (κ1) is 9.03. The lowest BCUT2D eigenvalue weighted by atomic mass is 10.2. The fourth-order valence-electron chi connectivity index (χ4n) is 2.28. The zero-order chi connectivity index (χ0) is 10.3. The van der Waals surface area contributed by atoms with Crippen LogP contribution in [0.5, 0.6) is 0 Å². The van der Waals surface area contributed by atoms with E-state index >= 15 is 0 Å². The first-order valence-electron chi connectivity index (χ1n) is 5.26. The summed E-state index contributed by atoms with van der Waals surface area (Å²) >= 11 is 5.44. The lowest BCUT2D eigenvalue weighted by Gasteiger charge is -2.13. The Labute approximate surface area is 92.4 Å². The van der Waals surface area contributed by atoms with E-state index in [1.54, 1.807) is 6.33 Å². The summed E-state index contributed by atoms with van der Waals surface area (Å²) in [5.41, 5.74) is 1.61. The van der Waals surface area contributed by atoms with Crippen LogP contribution in [0.2, 0.25) is 0 Å².